The molecule has 0 nitrogen and oxygen atoms in total. The summed E-state index contributed by atoms with van der Waals surface area (Å²) in [5, 5.41) is 0. The SMILES string of the molecule is CC(C)Cc1ccccc1.CCC.C[18F]. The van der Waals surface area contributed by atoms with E-state index in [2.05, 4.69) is 58.0 Å². The molecule has 0 N–H and O–H groups in total. The lowest BCUT2D eigenvalue weighted by atomic mass is 10.0. The van der Waals surface area contributed by atoms with E-state index in [1.165, 1.54) is 18.4 Å². The first-order valence-electron chi connectivity index (χ1n) is 5.62. The number of benzene rings is 1. The van der Waals surface area contributed by atoms with E-state index >= 15 is 0 Å². The number of rotatable bonds is 2. The van der Waals surface area contributed by atoms with Gasteiger partial charge in [-0.05, 0) is 17.9 Å². The Kier molecular flexibility index (Phi) is 14.5. The summed E-state index contributed by atoms with van der Waals surface area (Å²) in [6.07, 6.45) is 2.45. The van der Waals surface area contributed by atoms with E-state index in [1.807, 2.05) is 0 Å². The van der Waals surface area contributed by atoms with Gasteiger partial charge in [0.15, 0.2) is 0 Å². The third-order valence-corrected chi connectivity index (χ3v) is 1.49. The zero-order valence-corrected chi connectivity index (χ0v) is 10.8. The van der Waals surface area contributed by atoms with E-state index in [-0.39, 0.29) is 0 Å². The summed E-state index contributed by atoms with van der Waals surface area (Å²) in [7, 11) is 0.500. The number of hydrogen-bond donors (Lipinski definition) is 0. The minimum Gasteiger partial charge on any atom is -0.255 e. The topological polar surface area (TPSA) is 0 Å². The van der Waals surface area contributed by atoms with Crippen molar-refractivity contribution in [2.24, 2.45) is 5.92 Å². The number of alkyl halides is 1. The van der Waals surface area contributed by atoms with Gasteiger partial charge in [0.25, 0.3) is 0 Å². The fraction of sp³-hybridized carbons (Fsp3) is 0.571. The molecule has 0 radical (unpaired) electrons. The monoisotopic (exact) mass is 211 g/mol. The van der Waals surface area contributed by atoms with Gasteiger partial charge in [0.2, 0.25) is 0 Å². The van der Waals surface area contributed by atoms with Gasteiger partial charge < -0.3 is 0 Å². The van der Waals surface area contributed by atoms with Crippen LogP contribution >= 0.6 is 0 Å². The molecular weight excluding hydrogens is 186 g/mol. The molecule has 0 saturated heterocycles. The van der Waals surface area contributed by atoms with Crippen molar-refractivity contribution in [3.8, 4) is 0 Å². The third kappa shape index (κ3) is 13.2. The highest BCUT2D eigenvalue weighted by molar-refractivity contribution is 5.14. The summed E-state index contributed by atoms with van der Waals surface area (Å²) in [6, 6.07) is 10.6. The van der Waals surface area contributed by atoms with E-state index in [1.54, 1.807) is 0 Å². The average Bonchev–Trinajstić information content (AvgIpc) is 2.22. The Morgan fingerprint density at radius 2 is 1.40 bits per heavy atom. The second-order valence-electron chi connectivity index (χ2n) is 3.79. The molecule has 1 aromatic rings. The quantitative estimate of drug-likeness (QED) is 0.653. The van der Waals surface area contributed by atoms with E-state index in [9.17, 15) is 4.39 Å². The van der Waals surface area contributed by atoms with Crippen LogP contribution in [0.5, 0.6) is 0 Å². The van der Waals surface area contributed by atoms with Gasteiger partial charge in [0.05, 0.1) is 7.18 Å². The Morgan fingerprint density at radius 1 is 1.00 bits per heavy atom. The lowest BCUT2D eigenvalue weighted by Crippen LogP contribution is -1.92. The summed E-state index contributed by atoms with van der Waals surface area (Å²) in [6.45, 7) is 8.74. The molecule has 0 aliphatic rings. The van der Waals surface area contributed by atoms with Crippen LogP contribution in [0.2, 0.25) is 0 Å². The van der Waals surface area contributed by atoms with Crippen molar-refractivity contribution in [2.75, 3.05) is 7.18 Å². The summed E-state index contributed by atoms with van der Waals surface area (Å²) < 4.78 is 9.50. The molecule has 1 rings (SSSR count). The van der Waals surface area contributed by atoms with Crippen molar-refractivity contribution in [1.29, 1.82) is 0 Å². The predicted molar refractivity (Wildman–Crippen MR) is 68.0 cm³/mol. The van der Waals surface area contributed by atoms with Crippen molar-refractivity contribution in [1.82, 2.24) is 0 Å². The van der Waals surface area contributed by atoms with E-state index in [0.717, 1.165) is 5.92 Å². The van der Waals surface area contributed by atoms with Crippen LogP contribution in [-0.4, -0.2) is 7.18 Å². The molecule has 0 spiro atoms. The maximum Gasteiger partial charge on any atom is 0.0785 e. The highest BCUT2D eigenvalue weighted by Crippen LogP contribution is 2.05. The normalized spacial score (nSPS) is 8.47. The zero-order valence-electron chi connectivity index (χ0n) is 10.8. The highest BCUT2D eigenvalue weighted by Gasteiger charge is 1.94. The van der Waals surface area contributed by atoms with Crippen LogP contribution in [0.15, 0.2) is 30.3 Å². The van der Waals surface area contributed by atoms with E-state index in [0.29, 0.717) is 7.18 Å². The van der Waals surface area contributed by atoms with Gasteiger partial charge in [-0.15, -0.1) is 0 Å². The molecule has 0 saturated carbocycles. The van der Waals surface area contributed by atoms with Gasteiger partial charge in [-0.2, -0.15) is 0 Å². The minimum absolute atomic E-state index is 0.500. The van der Waals surface area contributed by atoms with Crippen LogP contribution in [0.4, 0.5) is 4.39 Å². The first-order chi connectivity index (χ1) is 7.20. The molecule has 88 valence electrons. The summed E-state index contributed by atoms with van der Waals surface area (Å²) in [5.74, 6) is 0.766. The summed E-state index contributed by atoms with van der Waals surface area (Å²) >= 11 is 0. The molecule has 0 aliphatic carbocycles. The van der Waals surface area contributed by atoms with Crippen LogP contribution in [0, 0.1) is 5.92 Å². The zero-order chi connectivity index (χ0) is 12.1. The third-order valence-electron chi connectivity index (χ3n) is 1.49. The number of hydrogen-bond acceptors (Lipinski definition) is 0. The van der Waals surface area contributed by atoms with Crippen molar-refractivity contribution < 1.29 is 4.39 Å². The highest BCUT2D eigenvalue weighted by atomic mass is 18.2. The molecule has 0 aliphatic heterocycles. The number of halogens is 1. The molecule has 1 aromatic carbocycles. The predicted octanol–water partition coefficient (Wildman–Crippen LogP) is 4.89. The van der Waals surface area contributed by atoms with Gasteiger partial charge in [-0.3, -0.25) is 4.39 Å². The van der Waals surface area contributed by atoms with E-state index in [4.69, 9.17) is 0 Å². The van der Waals surface area contributed by atoms with E-state index < -0.39 is 0 Å². The van der Waals surface area contributed by atoms with Crippen molar-refractivity contribution >= 4 is 0 Å². The molecule has 0 bridgehead atoms. The smallest absolute Gasteiger partial charge is 0.0785 e. The van der Waals surface area contributed by atoms with Gasteiger partial charge >= 0.3 is 0 Å². The second kappa shape index (κ2) is 13.2. The van der Waals surface area contributed by atoms with Crippen LogP contribution in [-0.2, 0) is 6.42 Å². The maximum absolute atomic E-state index is 9.50. The summed E-state index contributed by atoms with van der Waals surface area (Å²) in [5.41, 5.74) is 1.44. The van der Waals surface area contributed by atoms with Gasteiger partial charge in [0.1, 0.15) is 0 Å². The van der Waals surface area contributed by atoms with Gasteiger partial charge in [-0.1, -0.05) is 64.4 Å². The van der Waals surface area contributed by atoms with Gasteiger partial charge in [0, 0.05) is 0 Å². The molecule has 0 amide bonds. The standard InChI is InChI=1S/C10H14.C3H8.CH3F/c1-9(2)8-10-6-4-3-5-7-10;1-3-2;1-2/h3-7,9H,8H2,1-2H3;3H2,1-2H3;1H3/i;;2-1. The molecule has 0 aromatic heterocycles. The molecule has 15 heavy (non-hydrogen) atoms. The Labute approximate surface area is 94.5 Å². The largest absolute Gasteiger partial charge is 0.255 e. The Bertz CT molecular complexity index is 192. The van der Waals surface area contributed by atoms with Crippen molar-refractivity contribution in [2.45, 2.75) is 40.5 Å². The van der Waals surface area contributed by atoms with Gasteiger partial charge in [-0.25, -0.2) is 0 Å². The first-order valence-corrected chi connectivity index (χ1v) is 5.62. The van der Waals surface area contributed by atoms with Crippen molar-refractivity contribution in [3.05, 3.63) is 35.9 Å². The fourth-order valence-corrected chi connectivity index (χ4v) is 1.09. The first kappa shape index (κ1) is 16.6. The van der Waals surface area contributed by atoms with Crippen LogP contribution in [0.3, 0.4) is 0 Å². The molecule has 1 heteroatoms. The fourth-order valence-electron chi connectivity index (χ4n) is 1.09. The lowest BCUT2D eigenvalue weighted by Gasteiger charge is -2.02. The van der Waals surface area contributed by atoms with Crippen LogP contribution < -0.4 is 0 Å². The molecule has 0 unspecified atom stereocenters. The summed E-state index contributed by atoms with van der Waals surface area (Å²) in [4.78, 5) is 0. The molecular formula is C14H25F. The van der Waals surface area contributed by atoms with Crippen molar-refractivity contribution in [3.63, 3.8) is 0 Å². The van der Waals surface area contributed by atoms with Crippen LogP contribution in [0.1, 0.15) is 39.7 Å². The second-order valence-corrected chi connectivity index (χ2v) is 3.79. The molecule has 0 atom stereocenters. The van der Waals surface area contributed by atoms with Crippen LogP contribution in [0.25, 0.3) is 0 Å². The lowest BCUT2D eigenvalue weighted by molar-refractivity contribution is 0.636. The molecule has 0 heterocycles. The molecule has 0 fully saturated rings. The maximum atomic E-state index is 9.50. The average molecular weight is 211 g/mol. The Morgan fingerprint density at radius 3 is 1.73 bits per heavy atom. The Hall–Kier alpha value is -0.850. The minimum atomic E-state index is 0.500. The Balaban J connectivity index is 0.